The van der Waals surface area contributed by atoms with Gasteiger partial charge in [-0.25, -0.2) is 9.97 Å². The van der Waals surface area contributed by atoms with Crippen molar-refractivity contribution in [1.29, 1.82) is 0 Å². The second-order valence-corrected chi connectivity index (χ2v) is 4.99. The van der Waals surface area contributed by atoms with Crippen LogP contribution in [0.25, 0.3) is 0 Å². The molecule has 1 N–H and O–H groups in total. The van der Waals surface area contributed by atoms with Crippen LogP contribution < -0.4 is 10.2 Å². The standard InChI is InChI=1S/C12H20N4/c1-12(2)5-4-6-16(12)11-14-8-10(7-13-3)9-15-11/h8-9,13H,4-7H2,1-3H3. The van der Waals surface area contributed by atoms with E-state index >= 15 is 0 Å². The monoisotopic (exact) mass is 220 g/mol. The number of aromatic nitrogens is 2. The van der Waals surface area contributed by atoms with Gasteiger partial charge in [0.2, 0.25) is 5.95 Å². The van der Waals surface area contributed by atoms with Crippen LogP contribution in [0.15, 0.2) is 12.4 Å². The Bertz CT molecular complexity index is 345. The summed E-state index contributed by atoms with van der Waals surface area (Å²) in [6.07, 6.45) is 6.27. The first kappa shape index (κ1) is 11.3. The molecule has 1 aliphatic heterocycles. The van der Waals surface area contributed by atoms with E-state index in [9.17, 15) is 0 Å². The van der Waals surface area contributed by atoms with Crippen molar-refractivity contribution in [2.45, 2.75) is 38.8 Å². The lowest BCUT2D eigenvalue weighted by atomic mass is 10.0. The van der Waals surface area contributed by atoms with Crippen LogP contribution in [-0.2, 0) is 6.54 Å². The molecule has 1 fully saturated rings. The predicted octanol–water partition coefficient (Wildman–Crippen LogP) is 1.57. The van der Waals surface area contributed by atoms with Crippen molar-refractivity contribution in [3.8, 4) is 0 Å². The molecule has 88 valence electrons. The Labute approximate surface area is 97.1 Å². The number of anilines is 1. The summed E-state index contributed by atoms with van der Waals surface area (Å²) in [5.74, 6) is 0.863. The van der Waals surface area contributed by atoms with E-state index in [1.807, 2.05) is 19.4 Å². The second-order valence-electron chi connectivity index (χ2n) is 4.99. The Balaban J connectivity index is 2.15. The Morgan fingerprint density at radius 2 is 2.06 bits per heavy atom. The van der Waals surface area contributed by atoms with Gasteiger partial charge in [-0.15, -0.1) is 0 Å². The summed E-state index contributed by atoms with van der Waals surface area (Å²) in [4.78, 5) is 11.2. The third kappa shape index (κ3) is 2.16. The normalized spacial score (nSPS) is 19.1. The molecule has 1 saturated heterocycles. The fraction of sp³-hybridized carbons (Fsp3) is 0.667. The van der Waals surface area contributed by atoms with E-state index in [0.717, 1.165) is 24.6 Å². The number of rotatable bonds is 3. The Hall–Kier alpha value is -1.16. The molecule has 1 aromatic rings. The zero-order valence-electron chi connectivity index (χ0n) is 10.3. The van der Waals surface area contributed by atoms with Crippen LogP contribution in [0.5, 0.6) is 0 Å². The van der Waals surface area contributed by atoms with Gasteiger partial charge in [-0.05, 0) is 33.7 Å². The van der Waals surface area contributed by atoms with Crippen LogP contribution in [0.3, 0.4) is 0 Å². The fourth-order valence-electron chi connectivity index (χ4n) is 2.26. The first-order valence-electron chi connectivity index (χ1n) is 5.87. The Kier molecular flexibility index (Phi) is 3.10. The maximum atomic E-state index is 4.45. The van der Waals surface area contributed by atoms with Crippen LogP contribution in [0.4, 0.5) is 5.95 Å². The van der Waals surface area contributed by atoms with Gasteiger partial charge >= 0.3 is 0 Å². The van der Waals surface area contributed by atoms with E-state index in [2.05, 4.69) is 34.0 Å². The van der Waals surface area contributed by atoms with Crippen LogP contribution in [0.1, 0.15) is 32.3 Å². The molecular weight excluding hydrogens is 200 g/mol. The third-order valence-corrected chi connectivity index (χ3v) is 3.22. The average Bonchev–Trinajstić information content (AvgIpc) is 2.60. The minimum absolute atomic E-state index is 0.199. The molecule has 1 aliphatic rings. The van der Waals surface area contributed by atoms with E-state index in [1.54, 1.807) is 0 Å². The molecule has 0 spiro atoms. The molecule has 4 heteroatoms. The van der Waals surface area contributed by atoms with Gasteiger partial charge in [0.15, 0.2) is 0 Å². The van der Waals surface area contributed by atoms with Gasteiger partial charge in [-0.3, -0.25) is 0 Å². The van der Waals surface area contributed by atoms with Crippen molar-refractivity contribution in [3.05, 3.63) is 18.0 Å². The van der Waals surface area contributed by atoms with Gasteiger partial charge in [0.25, 0.3) is 0 Å². The highest BCUT2D eigenvalue weighted by atomic mass is 15.3. The maximum absolute atomic E-state index is 4.45. The van der Waals surface area contributed by atoms with Crippen molar-refractivity contribution in [2.24, 2.45) is 0 Å². The Morgan fingerprint density at radius 1 is 1.38 bits per heavy atom. The number of nitrogens with one attached hydrogen (secondary N) is 1. The molecular formula is C12H20N4. The zero-order chi connectivity index (χ0) is 11.6. The summed E-state index contributed by atoms with van der Waals surface area (Å²) in [6.45, 7) is 6.40. The minimum Gasteiger partial charge on any atom is -0.336 e. The number of nitrogens with zero attached hydrogens (tertiary/aromatic N) is 3. The zero-order valence-corrected chi connectivity index (χ0v) is 10.3. The molecule has 0 saturated carbocycles. The van der Waals surface area contributed by atoms with E-state index in [1.165, 1.54) is 12.8 Å². The molecule has 0 unspecified atom stereocenters. The van der Waals surface area contributed by atoms with E-state index in [4.69, 9.17) is 0 Å². The van der Waals surface area contributed by atoms with E-state index < -0.39 is 0 Å². The summed E-state index contributed by atoms with van der Waals surface area (Å²) >= 11 is 0. The van der Waals surface area contributed by atoms with E-state index in [-0.39, 0.29) is 5.54 Å². The quantitative estimate of drug-likeness (QED) is 0.839. The van der Waals surface area contributed by atoms with Crippen molar-refractivity contribution >= 4 is 5.95 Å². The van der Waals surface area contributed by atoms with Gasteiger partial charge in [-0.1, -0.05) is 0 Å². The lowest BCUT2D eigenvalue weighted by molar-refractivity contribution is 0.510. The van der Waals surface area contributed by atoms with E-state index in [0.29, 0.717) is 0 Å². The summed E-state index contributed by atoms with van der Waals surface area (Å²) in [7, 11) is 1.93. The lowest BCUT2D eigenvalue weighted by Crippen LogP contribution is -2.39. The number of hydrogen-bond acceptors (Lipinski definition) is 4. The Morgan fingerprint density at radius 3 is 2.56 bits per heavy atom. The van der Waals surface area contributed by atoms with Gasteiger partial charge in [0.05, 0.1) is 0 Å². The van der Waals surface area contributed by atoms with Crippen molar-refractivity contribution in [2.75, 3.05) is 18.5 Å². The largest absolute Gasteiger partial charge is 0.336 e. The van der Waals surface area contributed by atoms with Crippen molar-refractivity contribution in [3.63, 3.8) is 0 Å². The molecule has 2 heterocycles. The van der Waals surface area contributed by atoms with Gasteiger partial charge in [0.1, 0.15) is 0 Å². The molecule has 0 aromatic carbocycles. The highest BCUT2D eigenvalue weighted by Gasteiger charge is 2.33. The predicted molar refractivity (Wildman–Crippen MR) is 65.5 cm³/mol. The summed E-state index contributed by atoms with van der Waals surface area (Å²) in [6, 6.07) is 0. The molecule has 1 aromatic heterocycles. The average molecular weight is 220 g/mol. The van der Waals surface area contributed by atoms with Crippen molar-refractivity contribution in [1.82, 2.24) is 15.3 Å². The molecule has 0 radical (unpaired) electrons. The highest BCUT2D eigenvalue weighted by Crippen LogP contribution is 2.30. The molecule has 0 aliphatic carbocycles. The molecule has 16 heavy (non-hydrogen) atoms. The summed E-state index contributed by atoms with van der Waals surface area (Å²) in [5.41, 5.74) is 1.33. The molecule has 2 rings (SSSR count). The lowest BCUT2D eigenvalue weighted by Gasteiger charge is -2.31. The van der Waals surface area contributed by atoms with Crippen LogP contribution >= 0.6 is 0 Å². The van der Waals surface area contributed by atoms with Crippen LogP contribution in [-0.4, -0.2) is 29.1 Å². The molecule has 0 amide bonds. The third-order valence-electron chi connectivity index (χ3n) is 3.22. The van der Waals surface area contributed by atoms with Gasteiger partial charge in [0, 0.05) is 36.6 Å². The fourth-order valence-corrected chi connectivity index (χ4v) is 2.26. The van der Waals surface area contributed by atoms with Gasteiger partial charge < -0.3 is 10.2 Å². The number of hydrogen-bond donors (Lipinski definition) is 1. The summed E-state index contributed by atoms with van der Waals surface area (Å²) < 4.78 is 0. The maximum Gasteiger partial charge on any atom is 0.225 e. The van der Waals surface area contributed by atoms with Crippen LogP contribution in [0.2, 0.25) is 0 Å². The topological polar surface area (TPSA) is 41.1 Å². The van der Waals surface area contributed by atoms with Crippen molar-refractivity contribution < 1.29 is 0 Å². The highest BCUT2D eigenvalue weighted by molar-refractivity contribution is 5.36. The molecule has 4 nitrogen and oxygen atoms in total. The SMILES string of the molecule is CNCc1cnc(N2CCCC2(C)C)nc1. The smallest absolute Gasteiger partial charge is 0.225 e. The van der Waals surface area contributed by atoms with Crippen LogP contribution in [0, 0.1) is 0 Å². The first-order chi connectivity index (χ1) is 7.63. The molecule has 0 atom stereocenters. The minimum atomic E-state index is 0.199. The first-order valence-corrected chi connectivity index (χ1v) is 5.87. The second kappa shape index (κ2) is 4.37. The van der Waals surface area contributed by atoms with Gasteiger partial charge in [-0.2, -0.15) is 0 Å². The molecule has 0 bridgehead atoms. The summed E-state index contributed by atoms with van der Waals surface area (Å²) in [5, 5.41) is 3.10.